The Hall–Kier alpha value is -1.29. The van der Waals surface area contributed by atoms with Crippen molar-refractivity contribution >= 4 is 17.6 Å². The van der Waals surface area contributed by atoms with Gasteiger partial charge in [0.1, 0.15) is 24.7 Å². The Morgan fingerprint density at radius 3 is 2.70 bits per heavy atom. The number of aromatic nitrogens is 1. The minimum atomic E-state index is -0.183. The minimum absolute atomic E-state index is 0.183. The van der Waals surface area contributed by atoms with Crippen LogP contribution in [0.3, 0.4) is 0 Å². The zero-order chi connectivity index (χ0) is 16.4. The molecule has 1 atom stereocenters. The number of nitrogens with zero attached hydrogens (tertiary/aromatic N) is 2. The van der Waals surface area contributed by atoms with Crippen LogP contribution < -0.4 is 9.88 Å². The van der Waals surface area contributed by atoms with Crippen molar-refractivity contribution in [1.82, 2.24) is 0 Å². The first-order chi connectivity index (χ1) is 11.1. The molecule has 0 aliphatic carbocycles. The van der Waals surface area contributed by atoms with Gasteiger partial charge in [0.15, 0.2) is 5.03 Å². The zero-order valence-corrected chi connectivity index (χ0v) is 14.9. The highest BCUT2D eigenvalue weighted by atomic mass is 32.2. The normalized spacial score (nSPS) is 24.2. The summed E-state index contributed by atoms with van der Waals surface area (Å²) in [5.41, 5.74) is 2.91. The lowest BCUT2D eigenvalue weighted by Crippen LogP contribution is -2.43. The van der Waals surface area contributed by atoms with Crippen molar-refractivity contribution in [2.45, 2.75) is 43.9 Å². The number of anilines is 1. The number of nitrogens with one attached hydrogen (secondary N) is 1. The van der Waals surface area contributed by atoms with Gasteiger partial charge in [-0.2, -0.15) is 5.26 Å². The predicted molar refractivity (Wildman–Crippen MR) is 89.7 cm³/mol. The standard InChI is InChI=1S/C17H23N3O2S/c1-4-17(2)9-12-13(10-18)16(23-3)19-15(14(12)11-22-17)20-5-7-21-8-6-20/h4-9,11H2,1-3H3/p+1/t17-/m0/s1. The van der Waals surface area contributed by atoms with E-state index in [-0.39, 0.29) is 5.60 Å². The molecule has 1 saturated heterocycles. The van der Waals surface area contributed by atoms with Gasteiger partial charge < -0.3 is 9.47 Å². The van der Waals surface area contributed by atoms with E-state index in [0.717, 1.165) is 66.7 Å². The summed E-state index contributed by atoms with van der Waals surface area (Å²) in [5.74, 6) is 1.10. The lowest BCUT2D eigenvalue weighted by molar-refractivity contribution is -0.415. The number of fused-ring (bicyclic) bond motifs is 1. The Kier molecular flexibility index (Phi) is 4.81. The summed E-state index contributed by atoms with van der Waals surface area (Å²) in [6, 6.07) is 2.42. The number of ether oxygens (including phenoxy) is 2. The molecule has 2 aliphatic rings. The van der Waals surface area contributed by atoms with Crippen molar-refractivity contribution in [3.63, 3.8) is 0 Å². The Morgan fingerprint density at radius 2 is 2.09 bits per heavy atom. The van der Waals surface area contributed by atoms with Crippen LogP contribution in [-0.4, -0.2) is 38.2 Å². The van der Waals surface area contributed by atoms with Gasteiger partial charge in [0, 0.05) is 6.42 Å². The number of hydrogen-bond acceptors (Lipinski definition) is 5. The van der Waals surface area contributed by atoms with Crippen LogP contribution in [0, 0.1) is 11.3 Å². The van der Waals surface area contributed by atoms with Crippen molar-refractivity contribution in [2.75, 3.05) is 37.5 Å². The molecule has 0 unspecified atom stereocenters. The van der Waals surface area contributed by atoms with Crippen molar-refractivity contribution in [2.24, 2.45) is 0 Å². The highest BCUT2D eigenvalue weighted by Crippen LogP contribution is 2.37. The third kappa shape index (κ3) is 3.06. The summed E-state index contributed by atoms with van der Waals surface area (Å²) < 4.78 is 11.6. The highest BCUT2D eigenvalue weighted by Gasteiger charge is 2.37. The fourth-order valence-electron chi connectivity index (χ4n) is 3.25. The van der Waals surface area contributed by atoms with Crippen LogP contribution in [-0.2, 0) is 22.5 Å². The molecule has 3 rings (SSSR count). The van der Waals surface area contributed by atoms with Crippen LogP contribution >= 0.6 is 11.8 Å². The van der Waals surface area contributed by atoms with E-state index in [4.69, 9.17) is 9.47 Å². The molecule has 1 aromatic rings. The first-order valence-corrected chi connectivity index (χ1v) is 9.36. The van der Waals surface area contributed by atoms with E-state index in [9.17, 15) is 5.26 Å². The summed E-state index contributed by atoms with van der Waals surface area (Å²) in [6.45, 7) is 8.06. The Labute approximate surface area is 142 Å². The van der Waals surface area contributed by atoms with Crippen LogP contribution in [0.1, 0.15) is 37.0 Å². The SMILES string of the molecule is CC[C@@]1(C)Cc2c(C#N)c(SC)[nH+]c(N3CCOCC3)c2CO1. The van der Waals surface area contributed by atoms with Gasteiger partial charge in [0.05, 0.1) is 31.0 Å². The van der Waals surface area contributed by atoms with E-state index >= 15 is 0 Å². The quantitative estimate of drug-likeness (QED) is 0.793. The molecule has 5 nitrogen and oxygen atoms in total. The van der Waals surface area contributed by atoms with Gasteiger partial charge in [-0.25, -0.2) is 4.98 Å². The van der Waals surface area contributed by atoms with Gasteiger partial charge in [0.25, 0.3) is 5.82 Å². The second-order valence-corrected chi connectivity index (χ2v) is 7.14. The first kappa shape index (κ1) is 16.6. The van der Waals surface area contributed by atoms with E-state index in [1.807, 2.05) is 6.26 Å². The molecule has 0 radical (unpaired) electrons. The molecule has 2 aliphatic heterocycles. The van der Waals surface area contributed by atoms with Gasteiger partial charge in [-0.15, -0.1) is 0 Å². The molecular weight excluding hydrogens is 310 g/mol. The molecule has 6 heteroatoms. The molecule has 1 fully saturated rings. The molecule has 23 heavy (non-hydrogen) atoms. The fraction of sp³-hybridized carbons (Fsp3) is 0.647. The number of morpholine rings is 1. The zero-order valence-electron chi connectivity index (χ0n) is 14.1. The highest BCUT2D eigenvalue weighted by molar-refractivity contribution is 7.98. The fourth-order valence-corrected chi connectivity index (χ4v) is 3.83. The van der Waals surface area contributed by atoms with Gasteiger partial charge in [0.2, 0.25) is 0 Å². The van der Waals surface area contributed by atoms with Crippen molar-refractivity contribution in [3.8, 4) is 6.07 Å². The number of H-pyrrole nitrogens is 1. The second-order valence-electron chi connectivity index (χ2n) is 6.32. The third-order valence-corrected chi connectivity index (χ3v) is 5.63. The van der Waals surface area contributed by atoms with E-state index in [2.05, 4.69) is 29.8 Å². The van der Waals surface area contributed by atoms with E-state index in [0.29, 0.717) is 6.61 Å². The Bertz CT molecular complexity index is 638. The molecule has 0 bridgehead atoms. The maximum Gasteiger partial charge on any atom is 0.281 e. The smallest absolute Gasteiger partial charge is 0.281 e. The molecule has 1 N–H and O–H groups in total. The number of nitriles is 1. The molecule has 1 aromatic heterocycles. The third-order valence-electron chi connectivity index (χ3n) is 4.92. The molecule has 0 saturated carbocycles. The number of rotatable bonds is 3. The van der Waals surface area contributed by atoms with Crippen LogP contribution in [0.2, 0.25) is 0 Å². The van der Waals surface area contributed by atoms with Crippen molar-refractivity contribution in [3.05, 3.63) is 16.7 Å². The number of thioether (sulfide) groups is 1. The van der Waals surface area contributed by atoms with Crippen LogP contribution in [0.25, 0.3) is 0 Å². The average molecular weight is 334 g/mol. The largest absolute Gasteiger partial charge is 0.373 e. The molecule has 0 spiro atoms. The summed E-state index contributed by atoms with van der Waals surface area (Å²) in [4.78, 5) is 5.81. The maximum atomic E-state index is 9.69. The predicted octanol–water partition coefficient (Wildman–Crippen LogP) is 2.17. The number of hydrogen-bond donors (Lipinski definition) is 0. The number of pyridine rings is 1. The molecule has 124 valence electrons. The van der Waals surface area contributed by atoms with Crippen molar-refractivity contribution < 1.29 is 14.5 Å². The monoisotopic (exact) mass is 334 g/mol. The lowest BCUT2D eigenvalue weighted by atomic mass is 9.86. The number of aromatic amines is 1. The topological polar surface area (TPSA) is 59.6 Å². The van der Waals surface area contributed by atoms with Crippen LogP contribution in [0.15, 0.2) is 5.03 Å². The Morgan fingerprint density at radius 1 is 1.35 bits per heavy atom. The van der Waals surface area contributed by atoms with Crippen LogP contribution in [0.5, 0.6) is 0 Å². The van der Waals surface area contributed by atoms with Crippen molar-refractivity contribution in [1.29, 1.82) is 5.26 Å². The first-order valence-electron chi connectivity index (χ1n) is 8.13. The van der Waals surface area contributed by atoms with Gasteiger partial charge in [-0.05, 0) is 25.2 Å². The minimum Gasteiger partial charge on any atom is -0.373 e. The van der Waals surface area contributed by atoms with Gasteiger partial charge in [-0.1, -0.05) is 18.7 Å². The van der Waals surface area contributed by atoms with E-state index in [1.165, 1.54) is 0 Å². The maximum absolute atomic E-state index is 9.69. The molecule has 3 heterocycles. The summed E-state index contributed by atoms with van der Waals surface area (Å²) in [7, 11) is 0. The summed E-state index contributed by atoms with van der Waals surface area (Å²) in [6.07, 6.45) is 3.75. The van der Waals surface area contributed by atoms with E-state index in [1.54, 1.807) is 11.8 Å². The van der Waals surface area contributed by atoms with E-state index < -0.39 is 0 Å². The van der Waals surface area contributed by atoms with Gasteiger partial charge >= 0.3 is 0 Å². The summed E-state index contributed by atoms with van der Waals surface area (Å²) in [5, 5.41) is 10.6. The molecule has 0 aromatic carbocycles. The van der Waals surface area contributed by atoms with Gasteiger partial charge in [-0.3, -0.25) is 4.90 Å². The molecule has 0 amide bonds. The second kappa shape index (κ2) is 6.68. The average Bonchev–Trinajstić information content (AvgIpc) is 2.60. The lowest BCUT2D eigenvalue weighted by Gasteiger charge is -2.36. The Balaban J connectivity index is 2.12. The molecular formula is C17H24N3O2S+. The summed E-state index contributed by atoms with van der Waals surface area (Å²) >= 11 is 1.60. The van der Waals surface area contributed by atoms with Crippen LogP contribution in [0.4, 0.5) is 5.82 Å².